The van der Waals surface area contributed by atoms with Crippen LogP contribution in [0.2, 0.25) is 0 Å². The van der Waals surface area contributed by atoms with E-state index in [1.165, 1.54) is 33.2 Å². The van der Waals surface area contributed by atoms with Crippen molar-refractivity contribution in [2.24, 2.45) is 0 Å². The van der Waals surface area contributed by atoms with Crippen LogP contribution < -0.4 is 4.74 Å². The normalized spacial score (nSPS) is 14.8. The van der Waals surface area contributed by atoms with Gasteiger partial charge in [0, 0.05) is 39.2 Å². The molecule has 8 aromatic carbocycles. The summed E-state index contributed by atoms with van der Waals surface area (Å²) in [6.45, 7) is 0. The highest BCUT2D eigenvalue weighted by atomic mass is 16.5. The Morgan fingerprint density at radius 2 is 0.952 bits per heavy atom. The predicted octanol–water partition coefficient (Wildman–Crippen LogP) is 14.1. The molecule has 0 bridgehead atoms. The van der Waals surface area contributed by atoms with E-state index in [-0.39, 0.29) is 12.0 Å². The second-order valence-corrected chi connectivity index (χ2v) is 15.9. The van der Waals surface area contributed by atoms with E-state index in [0.29, 0.717) is 17.5 Å². The van der Waals surface area contributed by atoms with Gasteiger partial charge in [0.15, 0.2) is 17.5 Å². The number of benzene rings is 8. The van der Waals surface area contributed by atoms with Crippen LogP contribution in [-0.2, 0) is 0 Å². The van der Waals surface area contributed by atoms with Crippen molar-refractivity contribution in [3.05, 3.63) is 229 Å². The number of ether oxygens (including phenoxy) is 1. The highest BCUT2D eigenvalue weighted by Gasteiger charge is 2.41. The SMILES string of the molecule is C1=CC2c3cccc(-c4nc(-c5ccccc5)nc(-c5cccc(-c6ccccc6)c5)n4)c3OC2c2c1n(-c1cccc(-c3ccc(-c4ccccc4)cc3)c1)c1ccccc21. The third-order valence-corrected chi connectivity index (χ3v) is 12.2. The fourth-order valence-electron chi connectivity index (χ4n) is 9.27. The number of hydrogen-bond donors (Lipinski definition) is 0. The third kappa shape index (κ3) is 6.13. The molecule has 0 N–H and O–H groups in total. The minimum Gasteiger partial charge on any atom is -0.484 e. The molecule has 0 radical (unpaired) electrons. The molecular formula is C57H38N4O. The Morgan fingerprint density at radius 1 is 0.419 bits per heavy atom. The van der Waals surface area contributed by atoms with E-state index in [0.717, 1.165) is 56.0 Å². The van der Waals surface area contributed by atoms with Gasteiger partial charge in [0.2, 0.25) is 0 Å². The Hall–Kier alpha value is -8.15. The van der Waals surface area contributed by atoms with E-state index < -0.39 is 0 Å². The van der Waals surface area contributed by atoms with Gasteiger partial charge in [-0.1, -0.05) is 182 Å². The van der Waals surface area contributed by atoms with Crippen LogP contribution in [-0.4, -0.2) is 19.5 Å². The quantitative estimate of drug-likeness (QED) is 0.161. The lowest BCUT2D eigenvalue weighted by Crippen LogP contribution is -2.13. The summed E-state index contributed by atoms with van der Waals surface area (Å²) in [5.41, 5.74) is 15.4. The summed E-state index contributed by atoms with van der Waals surface area (Å²) in [6.07, 6.45) is 4.37. The summed E-state index contributed by atoms with van der Waals surface area (Å²) in [6, 6.07) is 72.3. The zero-order chi connectivity index (χ0) is 41.0. The van der Waals surface area contributed by atoms with Crippen molar-refractivity contribution >= 4 is 17.0 Å². The molecule has 0 saturated carbocycles. The predicted molar refractivity (Wildman–Crippen MR) is 251 cm³/mol. The second-order valence-electron chi connectivity index (χ2n) is 15.9. The minimum absolute atomic E-state index is 0.0172. The number of hydrogen-bond acceptors (Lipinski definition) is 4. The zero-order valence-corrected chi connectivity index (χ0v) is 33.6. The van der Waals surface area contributed by atoms with E-state index in [1.54, 1.807) is 0 Å². The van der Waals surface area contributed by atoms with Crippen molar-refractivity contribution in [1.29, 1.82) is 0 Å². The molecule has 62 heavy (non-hydrogen) atoms. The van der Waals surface area contributed by atoms with Gasteiger partial charge in [0.1, 0.15) is 11.9 Å². The van der Waals surface area contributed by atoms with E-state index in [4.69, 9.17) is 19.7 Å². The smallest absolute Gasteiger partial charge is 0.167 e. The molecule has 5 heteroatoms. The summed E-state index contributed by atoms with van der Waals surface area (Å²) in [5, 5.41) is 1.18. The lowest BCUT2D eigenvalue weighted by molar-refractivity contribution is 0.225. The molecular weight excluding hydrogens is 757 g/mol. The van der Waals surface area contributed by atoms with Crippen LogP contribution in [0.4, 0.5) is 0 Å². The van der Waals surface area contributed by atoms with Crippen LogP contribution in [0.3, 0.4) is 0 Å². The number of aromatic nitrogens is 4. The van der Waals surface area contributed by atoms with Crippen molar-refractivity contribution in [2.75, 3.05) is 0 Å². The van der Waals surface area contributed by atoms with Gasteiger partial charge in [-0.05, 0) is 69.8 Å². The first-order valence-corrected chi connectivity index (χ1v) is 21.1. The van der Waals surface area contributed by atoms with Crippen LogP contribution in [0.1, 0.15) is 28.8 Å². The molecule has 0 fully saturated rings. The summed E-state index contributed by atoms with van der Waals surface area (Å²) >= 11 is 0. The van der Waals surface area contributed by atoms with Crippen molar-refractivity contribution in [1.82, 2.24) is 19.5 Å². The second kappa shape index (κ2) is 14.8. The van der Waals surface area contributed by atoms with Crippen LogP contribution in [0.15, 0.2) is 212 Å². The van der Waals surface area contributed by atoms with Gasteiger partial charge in [-0.15, -0.1) is 0 Å². The summed E-state index contributed by atoms with van der Waals surface area (Å²) in [7, 11) is 0. The first kappa shape index (κ1) is 35.8. The number of para-hydroxylation sites is 2. The van der Waals surface area contributed by atoms with Gasteiger partial charge in [0.05, 0.1) is 16.8 Å². The Kier molecular flexibility index (Phi) is 8.56. The zero-order valence-electron chi connectivity index (χ0n) is 33.6. The average molecular weight is 795 g/mol. The monoisotopic (exact) mass is 794 g/mol. The number of rotatable bonds is 7. The fraction of sp³-hybridized carbons (Fsp3) is 0.0351. The van der Waals surface area contributed by atoms with Crippen LogP contribution in [0, 0.1) is 0 Å². The summed E-state index contributed by atoms with van der Waals surface area (Å²) in [5.74, 6) is 2.63. The Balaban J connectivity index is 0.941. The molecule has 3 heterocycles. The molecule has 2 atom stereocenters. The molecule has 0 amide bonds. The van der Waals surface area contributed by atoms with Gasteiger partial charge < -0.3 is 9.30 Å². The molecule has 0 saturated heterocycles. The van der Waals surface area contributed by atoms with E-state index in [1.807, 2.05) is 36.4 Å². The van der Waals surface area contributed by atoms with Crippen molar-refractivity contribution < 1.29 is 4.74 Å². The molecule has 10 aromatic rings. The highest BCUT2D eigenvalue weighted by molar-refractivity contribution is 5.92. The van der Waals surface area contributed by atoms with Crippen molar-refractivity contribution in [3.8, 4) is 79.0 Å². The van der Waals surface area contributed by atoms with Crippen molar-refractivity contribution in [3.63, 3.8) is 0 Å². The lowest BCUT2D eigenvalue weighted by atomic mass is 9.85. The maximum absolute atomic E-state index is 7.22. The fourth-order valence-corrected chi connectivity index (χ4v) is 9.27. The van der Waals surface area contributed by atoms with Gasteiger partial charge >= 0.3 is 0 Å². The van der Waals surface area contributed by atoms with E-state index >= 15 is 0 Å². The first-order chi connectivity index (χ1) is 30.7. The maximum Gasteiger partial charge on any atom is 0.167 e. The summed E-state index contributed by atoms with van der Waals surface area (Å²) < 4.78 is 9.61. The van der Waals surface area contributed by atoms with Gasteiger partial charge in [-0.25, -0.2) is 15.0 Å². The largest absolute Gasteiger partial charge is 0.484 e. The molecule has 292 valence electrons. The average Bonchev–Trinajstić information content (AvgIpc) is 3.91. The molecule has 1 aliphatic carbocycles. The topological polar surface area (TPSA) is 52.8 Å². The maximum atomic E-state index is 7.22. The molecule has 12 rings (SSSR count). The third-order valence-electron chi connectivity index (χ3n) is 12.2. The molecule has 5 nitrogen and oxygen atoms in total. The first-order valence-electron chi connectivity index (χ1n) is 21.1. The lowest BCUT2D eigenvalue weighted by Gasteiger charge is -2.22. The molecule has 2 unspecified atom stereocenters. The number of nitrogens with zero attached hydrogens (tertiary/aromatic N) is 4. The van der Waals surface area contributed by atoms with Crippen LogP contribution in [0.5, 0.6) is 5.75 Å². The molecule has 0 spiro atoms. The van der Waals surface area contributed by atoms with Crippen LogP contribution in [0.25, 0.3) is 90.2 Å². The molecule has 2 aromatic heterocycles. The Morgan fingerprint density at radius 3 is 1.69 bits per heavy atom. The Labute approximate surface area is 360 Å². The summed E-state index contributed by atoms with van der Waals surface area (Å²) in [4.78, 5) is 15.4. The van der Waals surface area contributed by atoms with Gasteiger partial charge in [0.25, 0.3) is 0 Å². The molecule has 2 aliphatic rings. The highest BCUT2D eigenvalue weighted by Crippen LogP contribution is 2.55. The van der Waals surface area contributed by atoms with E-state index in [2.05, 4.69) is 187 Å². The van der Waals surface area contributed by atoms with Crippen LogP contribution >= 0.6 is 0 Å². The number of fused-ring (bicyclic) bond motifs is 7. The Bertz CT molecular complexity index is 3320. The van der Waals surface area contributed by atoms with Gasteiger partial charge in [-0.3, -0.25) is 0 Å². The standard InChI is InChI=1S/C57H38N4O/c1-4-15-37(16-5-1)39-29-31-40(32-30-39)43-22-13-24-45(36-43)61-50-28-11-10-25-48(50)52-51(61)34-33-47-46-26-14-27-49(53(46)62-54(47)52)57-59-55(41-19-8-3-9-20-41)58-56(60-57)44-23-12-21-42(35-44)38-17-6-2-7-18-38/h1-36,47,54H. The van der Waals surface area contributed by atoms with Gasteiger partial charge in [-0.2, -0.15) is 0 Å². The minimum atomic E-state index is -0.233. The van der Waals surface area contributed by atoms with E-state index in [9.17, 15) is 0 Å². The van der Waals surface area contributed by atoms with Crippen molar-refractivity contribution in [2.45, 2.75) is 12.0 Å². The molecule has 1 aliphatic heterocycles.